The molecule has 18 heteroatoms. The first-order valence-electron chi connectivity index (χ1n) is 23.4. The van der Waals surface area contributed by atoms with Crippen LogP contribution in [0.1, 0.15) is 90.8 Å². The molecule has 4 unspecified atom stereocenters. The van der Waals surface area contributed by atoms with E-state index in [1.54, 1.807) is 51.0 Å². The number of thiazole rings is 1. The number of aliphatic hydroxyl groups is 4. The molecule has 0 aliphatic carbocycles. The minimum atomic E-state index is -1.79. The number of likely N-dealkylation sites (tertiary alicyclic amines) is 1. The third kappa shape index (κ3) is 15.7. The number of ether oxygens (including phenoxy) is 3. The molecule has 1 aromatic heterocycles. The van der Waals surface area contributed by atoms with Gasteiger partial charge in [0.05, 0.1) is 54.8 Å². The maximum atomic E-state index is 14.6. The third-order valence-corrected chi connectivity index (χ3v) is 14.1. The molecule has 2 heterocycles. The van der Waals surface area contributed by atoms with Crippen molar-refractivity contribution in [2.75, 3.05) is 48.0 Å². The van der Waals surface area contributed by atoms with Crippen LogP contribution in [-0.4, -0.2) is 173 Å². The normalized spacial score (nSPS) is 19.5. The van der Waals surface area contributed by atoms with E-state index in [0.717, 1.165) is 17.0 Å². The number of hydrogen-bond donors (Lipinski definition) is 6. The number of methoxy groups -OCH3 is 2. The Morgan fingerprint density at radius 2 is 1.60 bits per heavy atom. The number of nitrogens with one attached hydrogen (secondary N) is 2. The highest BCUT2D eigenvalue weighted by Gasteiger charge is 2.44. The summed E-state index contributed by atoms with van der Waals surface area (Å²) in [7, 11) is 6.32. The van der Waals surface area contributed by atoms with Gasteiger partial charge in [-0.25, -0.2) is 4.98 Å². The van der Waals surface area contributed by atoms with E-state index in [9.17, 15) is 39.6 Å². The lowest BCUT2D eigenvalue weighted by Crippen LogP contribution is -2.60. The number of terminal acetylenes is 1. The Kier molecular flexibility index (Phi) is 23.6. The van der Waals surface area contributed by atoms with E-state index < -0.39 is 73.2 Å². The van der Waals surface area contributed by atoms with Gasteiger partial charge in [0.15, 0.2) is 0 Å². The van der Waals surface area contributed by atoms with E-state index in [4.69, 9.17) is 15.9 Å². The molecular formula is C49H78N6O11S. The summed E-state index contributed by atoms with van der Waals surface area (Å²) in [4.78, 5) is 66.5. The number of aliphatic hydroxyl groups excluding tert-OH is 4. The molecule has 376 valence electrons. The van der Waals surface area contributed by atoms with E-state index in [-0.39, 0.29) is 60.5 Å². The molecule has 1 fully saturated rings. The van der Waals surface area contributed by atoms with Gasteiger partial charge in [0.1, 0.15) is 42.1 Å². The van der Waals surface area contributed by atoms with Crippen LogP contribution in [0.3, 0.4) is 0 Å². The third-order valence-electron chi connectivity index (χ3n) is 13.2. The van der Waals surface area contributed by atoms with Crippen LogP contribution in [0.15, 0.2) is 41.9 Å². The minimum absolute atomic E-state index is 0.0460. The van der Waals surface area contributed by atoms with Gasteiger partial charge >= 0.3 is 0 Å². The fraction of sp³-hybridized carbons (Fsp3) is 0.694. The van der Waals surface area contributed by atoms with Crippen LogP contribution in [0, 0.1) is 36.2 Å². The van der Waals surface area contributed by atoms with Crippen molar-refractivity contribution in [3.63, 3.8) is 0 Å². The standard InChI is InChI=1S/C49H78N6O11S/c1-13-31(7)42(54(10)49(63)40(29(3)4)52-47(62)41(30(5)6)53(9)27-36(56)43(59)44(60)37(57)28-66-14-2)38(64-11)26-39(58)55-23-18-21-35(55)45(65-12)32(8)46(61)51-34(48-50-22-24-67-48)25-33-19-16-15-17-20-33/h2,15-17,19-20,22,24,29-32,34-38,40-45,56-57,59-60H,13,18,21,23,25-28H2,1,3-12H3,(H,51,61)(H,52,62)/t31-,32+,34-,35-,36?,37?,38+,40-,41-,42-,43?,44?,45+/m0/s1. The largest absolute Gasteiger partial charge is 0.444 e. The summed E-state index contributed by atoms with van der Waals surface area (Å²) < 4.78 is 16.8. The van der Waals surface area contributed by atoms with Gasteiger partial charge < -0.3 is 55.1 Å². The summed E-state index contributed by atoms with van der Waals surface area (Å²) in [6.07, 6.45) is 3.09. The van der Waals surface area contributed by atoms with Crippen molar-refractivity contribution in [3.8, 4) is 12.5 Å². The Bertz CT molecular complexity index is 1850. The van der Waals surface area contributed by atoms with Gasteiger partial charge in [-0.15, -0.1) is 11.3 Å². The summed E-state index contributed by atoms with van der Waals surface area (Å²) in [5.74, 6) is -2.69. The molecule has 1 aliphatic heterocycles. The number of benzene rings is 1. The van der Waals surface area contributed by atoms with Crippen LogP contribution in [0.25, 0.3) is 0 Å². The number of rotatable bonds is 28. The van der Waals surface area contributed by atoms with E-state index in [0.29, 0.717) is 25.8 Å². The lowest BCUT2D eigenvalue weighted by atomic mass is 9.89. The van der Waals surface area contributed by atoms with Crippen molar-refractivity contribution < 1.29 is 53.8 Å². The molecule has 0 bridgehead atoms. The van der Waals surface area contributed by atoms with Crippen LogP contribution in [0.4, 0.5) is 0 Å². The van der Waals surface area contributed by atoms with Gasteiger partial charge in [0, 0.05) is 45.9 Å². The summed E-state index contributed by atoms with van der Waals surface area (Å²) in [6, 6.07) is 6.73. The molecule has 1 saturated heterocycles. The molecule has 2 aromatic rings. The predicted molar refractivity (Wildman–Crippen MR) is 256 cm³/mol. The summed E-state index contributed by atoms with van der Waals surface area (Å²) >= 11 is 1.48. The highest BCUT2D eigenvalue weighted by atomic mass is 32.1. The zero-order chi connectivity index (χ0) is 50.1. The maximum Gasteiger partial charge on any atom is 0.245 e. The van der Waals surface area contributed by atoms with Crippen LogP contribution < -0.4 is 10.6 Å². The lowest BCUT2D eigenvalue weighted by Gasteiger charge is -2.41. The fourth-order valence-electron chi connectivity index (χ4n) is 9.25. The molecule has 6 N–H and O–H groups in total. The quantitative estimate of drug-likeness (QED) is 0.0677. The number of likely N-dealkylation sites (N-methyl/N-ethyl adjacent to an activating group) is 2. The first-order valence-corrected chi connectivity index (χ1v) is 24.3. The van der Waals surface area contributed by atoms with E-state index in [1.165, 1.54) is 23.3 Å². The van der Waals surface area contributed by atoms with Crippen molar-refractivity contribution in [2.45, 2.75) is 147 Å². The van der Waals surface area contributed by atoms with E-state index in [2.05, 4.69) is 20.4 Å². The molecule has 17 nitrogen and oxygen atoms in total. The van der Waals surface area contributed by atoms with Crippen LogP contribution in [0.2, 0.25) is 0 Å². The highest BCUT2D eigenvalue weighted by Crippen LogP contribution is 2.31. The van der Waals surface area contributed by atoms with Gasteiger partial charge in [-0.05, 0) is 49.6 Å². The molecule has 4 amide bonds. The van der Waals surface area contributed by atoms with Crippen LogP contribution in [-0.2, 0) is 39.8 Å². The molecule has 67 heavy (non-hydrogen) atoms. The molecule has 0 saturated carbocycles. The lowest BCUT2D eigenvalue weighted by molar-refractivity contribution is -0.148. The Morgan fingerprint density at radius 1 is 0.940 bits per heavy atom. The van der Waals surface area contributed by atoms with Gasteiger partial charge in [0.25, 0.3) is 0 Å². The second-order valence-electron chi connectivity index (χ2n) is 18.6. The Morgan fingerprint density at radius 3 is 2.15 bits per heavy atom. The van der Waals surface area contributed by atoms with E-state index >= 15 is 0 Å². The Hall–Kier alpha value is -4.19. The summed E-state index contributed by atoms with van der Waals surface area (Å²) in [6.45, 7) is 12.8. The van der Waals surface area contributed by atoms with Crippen LogP contribution in [0.5, 0.6) is 0 Å². The number of carbonyl (C=O) groups excluding carboxylic acids is 4. The molecule has 0 spiro atoms. The zero-order valence-electron chi connectivity index (χ0n) is 41.3. The average molecular weight is 959 g/mol. The summed E-state index contributed by atoms with van der Waals surface area (Å²) in [5.41, 5.74) is 1.06. The number of hydrogen-bond acceptors (Lipinski definition) is 14. The molecular weight excluding hydrogens is 881 g/mol. The van der Waals surface area contributed by atoms with Gasteiger partial charge in [-0.1, -0.05) is 91.6 Å². The Balaban J connectivity index is 1.77. The zero-order valence-corrected chi connectivity index (χ0v) is 42.1. The number of carbonyl (C=O) groups is 4. The molecule has 0 radical (unpaired) electrons. The Labute approximate surface area is 401 Å². The molecule has 1 aliphatic rings. The van der Waals surface area contributed by atoms with Crippen molar-refractivity contribution >= 4 is 35.0 Å². The SMILES string of the molecule is C#COCC(O)C(O)C(O)C(O)CN(C)[C@H](C(=O)N[C@H](C(=O)N(C)[C@@H]([C@@H](C)CC)[C@@H](CC(=O)N1CCC[C@H]1[C@H](OC)[C@@H](C)C(=O)N[C@@H](Cc1ccccc1)c1nccs1)OC)C(C)C)C(C)C. The second kappa shape index (κ2) is 27.7. The minimum Gasteiger partial charge on any atom is -0.444 e. The highest BCUT2D eigenvalue weighted by molar-refractivity contribution is 7.09. The first kappa shape index (κ1) is 57.1. The average Bonchev–Trinajstić information content (AvgIpc) is 4.03. The van der Waals surface area contributed by atoms with Crippen molar-refractivity contribution in [1.29, 1.82) is 0 Å². The number of aromatic nitrogens is 1. The van der Waals surface area contributed by atoms with Gasteiger partial charge in [-0.2, -0.15) is 0 Å². The second-order valence-corrected chi connectivity index (χ2v) is 19.5. The van der Waals surface area contributed by atoms with Crippen molar-refractivity contribution in [3.05, 3.63) is 52.5 Å². The topological polar surface area (TPSA) is 224 Å². The van der Waals surface area contributed by atoms with Gasteiger partial charge in [-0.3, -0.25) is 24.1 Å². The van der Waals surface area contributed by atoms with E-state index in [1.807, 2.05) is 76.4 Å². The number of amides is 4. The number of nitrogens with zero attached hydrogens (tertiary/aromatic N) is 4. The predicted octanol–water partition coefficient (Wildman–Crippen LogP) is 2.61. The van der Waals surface area contributed by atoms with Gasteiger partial charge in [0.2, 0.25) is 23.6 Å². The molecule has 1 aromatic carbocycles. The first-order chi connectivity index (χ1) is 31.7. The molecule has 3 rings (SSSR count). The van der Waals surface area contributed by atoms with Crippen molar-refractivity contribution in [2.24, 2.45) is 23.7 Å². The maximum absolute atomic E-state index is 14.6. The van der Waals surface area contributed by atoms with Crippen molar-refractivity contribution in [1.82, 2.24) is 30.3 Å². The monoisotopic (exact) mass is 959 g/mol. The molecule has 13 atom stereocenters. The van der Waals surface area contributed by atoms with Crippen LogP contribution >= 0.6 is 11.3 Å². The summed E-state index contributed by atoms with van der Waals surface area (Å²) in [5, 5.41) is 50.8. The fourth-order valence-corrected chi connectivity index (χ4v) is 9.94. The smallest absolute Gasteiger partial charge is 0.245 e.